The van der Waals surface area contributed by atoms with Crippen LogP contribution in [-0.2, 0) is 27.3 Å². The molecule has 13 nitrogen and oxygen atoms in total. The molecule has 258 valence electrons. The molecule has 2 aliphatic rings. The summed E-state index contributed by atoms with van der Waals surface area (Å²) >= 11 is 0. The Morgan fingerprint density at radius 1 is 0.940 bits per heavy atom. The second-order valence-electron chi connectivity index (χ2n) is 12.5. The van der Waals surface area contributed by atoms with Crippen molar-refractivity contribution >= 4 is 34.6 Å². The van der Waals surface area contributed by atoms with Crippen molar-refractivity contribution in [2.45, 2.75) is 51.9 Å². The number of benzene rings is 3. The molecule has 0 saturated carbocycles. The molecule has 0 fully saturated rings. The van der Waals surface area contributed by atoms with Crippen LogP contribution >= 0.6 is 0 Å². The van der Waals surface area contributed by atoms with E-state index in [0.29, 0.717) is 23.0 Å². The van der Waals surface area contributed by atoms with Crippen LogP contribution in [0.5, 0.6) is 5.75 Å². The lowest BCUT2D eigenvalue weighted by Crippen LogP contribution is -2.56. The first-order valence-electron chi connectivity index (χ1n) is 16.5. The normalized spacial score (nSPS) is 19.2. The van der Waals surface area contributed by atoms with Crippen molar-refractivity contribution in [3.8, 4) is 17.1 Å². The van der Waals surface area contributed by atoms with E-state index in [1.165, 1.54) is 4.68 Å². The van der Waals surface area contributed by atoms with Crippen LogP contribution in [0.1, 0.15) is 48.8 Å². The number of fused-ring (bicyclic) bond motifs is 15. The van der Waals surface area contributed by atoms with Gasteiger partial charge in [0, 0.05) is 17.4 Å². The van der Waals surface area contributed by atoms with Gasteiger partial charge in [-0.05, 0) is 42.7 Å². The molecule has 5 aromatic rings. The Morgan fingerprint density at radius 3 is 2.42 bits per heavy atom. The number of furan rings is 1. The number of para-hydroxylation sites is 1. The Labute approximate surface area is 288 Å². The highest BCUT2D eigenvalue weighted by molar-refractivity contribution is 5.99. The van der Waals surface area contributed by atoms with Crippen molar-refractivity contribution < 1.29 is 28.3 Å². The van der Waals surface area contributed by atoms with Crippen LogP contribution in [0.15, 0.2) is 89.3 Å². The first kappa shape index (κ1) is 33.9. The molecular weight excluding hydrogens is 638 g/mol. The van der Waals surface area contributed by atoms with E-state index in [9.17, 15) is 19.2 Å². The molecule has 2 bridgehead atoms. The van der Waals surface area contributed by atoms with E-state index in [-0.39, 0.29) is 43.7 Å². The number of hydrogen-bond acceptors (Lipinski definition) is 8. The van der Waals surface area contributed by atoms with Gasteiger partial charge in [-0.15, -0.1) is 0 Å². The topological polar surface area (TPSA) is 169 Å². The monoisotopic (exact) mass is 677 g/mol. The Hall–Kier alpha value is -5.98. The zero-order valence-electron chi connectivity index (χ0n) is 28.0. The Morgan fingerprint density at radius 2 is 1.68 bits per heavy atom. The van der Waals surface area contributed by atoms with Gasteiger partial charge in [0.05, 0.1) is 12.6 Å². The van der Waals surface area contributed by atoms with Gasteiger partial charge < -0.3 is 30.4 Å². The summed E-state index contributed by atoms with van der Waals surface area (Å²) in [6, 6.07) is 22.6. The SMILES string of the molecule is CC(C)[C@H]1NC(=O)[C@@H](NC(=O)c2cc3ccccc3o2)Cc2ccc(cc2)OCCNC(=O)Cn2nc(-c3ccccc3)nc2[C@H](C)NC1=O. The highest BCUT2D eigenvalue weighted by Crippen LogP contribution is 2.21. The first-order valence-corrected chi connectivity index (χ1v) is 16.5. The molecule has 0 aliphatic carbocycles. The van der Waals surface area contributed by atoms with Gasteiger partial charge in [-0.1, -0.05) is 74.5 Å². The van der Waals surface area contributed by atoms with E-state index in [0.717, 1.165) is 16.5 Å². The van der Waals surface area contributed by atoms with Crippen LogP contribution in [0.2, 0.25) is 0 Å². The smallest absolute Gasteiger partial charge is 0.287 e. The molecule has 4 amide bonds. The number of amides is 4. The number of ether oxygens (including phenoxy) is 1. The predicted molar refractivity (Wildman–Crippen MR) is 185 cm³/mol. The molecule has 0 saturated heterocycles. The lowest BCUT2D eigenvalue weighted by atomic mass is 10.0. The van der Waals surface area contributed by atoms with Crippen molar-refractivity contribution in [3.05, 3.63) is 102 Å². The maximum absolute atomic E-state index is 13.9. The van der Waals surface area contributed by atoms with Gasteiger partial charge in [-0.25, -0.2) is 9.67 Å². The summed E-state index contributed by atoms with van der Waals surface area (Å²) in [4.78, 5) is 58.8. The van der Waals surface area contributed by atoms with Gasteiger partial charge in [0.1, 0.15) is 42.4 Å². The second-order valence-corrected chi connectivity index (χ2v) is 12.5. The second kappa shape index (κ2) is 15.1. The quantitative estimate of drug-likeness (QED) is 0.224. The van der Waals surface area contributed by atoms with E-state index in [2.05, 4.69) is 26.4 Å². The summed E-state index contributed by atoms with van der Waals surface area (Å²) in [6.07, 6.45) is 0.127. The summed E-state index contributed by atoms with van der Waals surface area (Å²) < 4.78 is 13.0. The van der Waals surface area contributed by atoms with Crippen LogP contribution in [0.3, 0.4) is 0 Å². The maximum atomic E-state index is 13.9. The first-order chi connectivity index (χ1) is 24.1. The Kier molecular flexibility index (Phi) is 10.2. The van der Waals surface area contributed by atoms with Gasteiger partial charge in [0.15, 0.2) is 11.6 Å². The largest absolute Gasteiger partial charge is 0.492 e. The minimum Gasteiger partial charge on any atom is -0.492 e. The third kappa shape index (κ3) is 8.00. The fourth-order valence-corrected chi connectivity index (χ4v) is 5.70. The summed E-state index contributed by atoms with van der Waals surface area (Å²) in [5.41, 5.74) is 2.04. The number of aromatic nitrogens is 3. The van der Waals surface area contributed by atoms with E-state index in [1.54, 1.807) is 43.3 Å². The molecule has 7 rings (SSSR count). The molecule has 4 N–H and O–H groups in total. The highest BCUT2D eigenvalue weighted by atomic mass is 16.5. The predicted octanol–water partition coefficient (Wildman–Crippen LogP) is 3.56. The lowest BCUT2D eigenvalue weighted by Gasteiger charge is -2.26. The number of carbonyl (C=O) groups excluding carboxylic acids is 4. The van der Waals surface area contributed by atoms with Gasteiger partial charge in [-0.2, -0.15) is 5.10 Å². The fourth-order valence-electron chi connectivity index (χ4n) is 5.70. The average molecular weight is 678 g/mol. The molecule has 2 aliphatic heterocycles. The van der Waals surface area contributed by atoms with Crippen molar-refractivity contribution in [3.63, 3.8) is 0 Å². The number of rotatable bonds is 4. The van der Waals surface area contributed by atoms with Crippen molar-refractivity contribution in [1.29, 1.82) is 0 Å². The Bertz CT molecular complexity index is 1950. The number of nitrogens with zero attached hydrogens (tertiary/aromatic N) is 3. The summed E-state index contributed by atoms with van der Waals surface area (Å²) in [7, 11) is 0. The number of carbonyl (C=O) groups is 4. The van der Waals surface area contributed by atoms with Crippen LogP contribution in [0, 0.1) is 5.92 Å². The highest BCUT2D eigenvalue weighted by Gasteiger charge is 2.31. The zero-order valence-corrected chi connectivity index (χ0v) is 28.0. The van der Waals surface area contributed by atoms with Crippen LogP contribution in [0.4, 0.5) is 0 Å². The van der Waals surface area contributed by atoms with Crippen LogP contribution < -0.4 is 26.0 Å². The van der Waals surface area contributed by atoms with Gasteiger partial charge in [-0.3, -0.25) is 19.2 Å². The summed E-state index contributed by atoms with van der Waals surface area (Å²) in [5.74, 6) is -0.796. The van der Waals surface area contributed by atoms with Crippen LogP contribution in [0.25, 0.3) is 22.4 Å². The minimum absolute atomic E-state index is 0.0623. The molecule has 0 spiro atoms. The van der Waals surface area contributed by atoms with Crippen molar-refractivity contribution in [2.24, 2.45) is 5.92 Å². The molecule has 3 atom stereocenters. The molecule has 50 heavy (non-hydrogen) atoms. The molecule has 3 aromatic carbocycles. The van der Waals surface area contributed by atoms with E-state index in [1.807, 2.05) is 62.4 Å². The average Bonchev–Trinajstić information content (AvgIpc) is 3.74. The summed E-state index contributed by atoms with van der Waals surface area (Å²) in [6.45, 7) is 5.69. The fraction of sp³-hybridized carbons (Fsp3) is 0.297. The zero-order chi connectivity index (χ0) is 35.2. The molecule has 0 unspecified atom stereocenters. The van der Waals surface area contributed by atoms with Crippen molar-refractivity contribution in [1.82, 2.24) is 36.0 Å². The third-order valence-corrected chi connectivity index (χ3v) is 8.35. The molecular formula is C37H39N7O6. The van der Waals surface area contributed by atoms with Gasteiger partial charge in [0.25, 0.3) is 5.91 Å². The Balaban J connectivity index is 1.29. The van der Waals surface area contributed by atoms with E-state index >= 15 is 0 Å². The minimum atomic E-state index is -1.05. The molecule has 4 heterocycles. The van der Waals surface area contributed by atoms with Crippen molar-refractivity contribution in [2.75, 3.05) is 13.2 Å². The van der Waals surface area contributed by atoms with E-state index in [4.69, 9.17) is 14.1 Å². The van der Waals surface area contributed by atoms with Crippen LogP contribution in [-0.4, -0.2) is 63.6 Å². The standard InChI is InChI=1S/C37H39N7O6/c1-22(2)32-37(48)39-23(3)34-42-33(25-9-5-4-6-10-25)43-44(34)21-31(45)38-17-18-49-27-15-13-24(14-16-27)19-28(35(46)41-32)40-36(47)30-20-26-11-7-8-12-29(26)50-30/h4-16,20,22-23,28,32H,17-19,21H2,1-3H3,(H,38,45)(H,39,48)(H,40,47)(H,41,46)/t23-,28-,32+/m0/s1. The molecule has 2 aromatic heterocycles. The lowest BCUT2D eigenvalue weighted by molar-refractivity contribution is -0.131. The third-order valence-electron chi connectivity index (χ3n) is 8.35. The molecule has 13 heteroatoms. The van der Waals surface area contributed by atoms with Gasteiger partial charge in [0.2, 0.25) is 17.7 Å². The number of hydrogen-bond donors (Lipinski definition) is 4. The summed E-state index contributed by atoms with van der Waals surface area (Å²) in [5, 5.41) is 16.8. The van der Waals surface area contributed by atoms with E-state index < -0.39 is 35.8 Å². The van der Waals surface area contributed by atoms with Gasteiger partial charge >= 0.3 is 0 Å². The maximum Gasteiger partial charge on any atom is 0.287 e. The molecule has 0 radical (unpaired) electrons. The number of nitrogens with one attached hydrogen (secondary N) is 4.